The highest BCUT2D eigenvalue weighted by Gasteiger charge is 2.40. The molecular weight excluding hydrogens is 380 g/mol. The van der Waals surface area contributed by atoms with Gasteiger partial charge in [-0.05, 0) is 45.7 Å². The van der Waals surface area contributed by atoms with Crippen molar-refractivity contribution in [2.45, 2.75) is 108 Å². The van der Waals surface area contributed by atoms with Gasteiger partial charge >= 0.3 is 0 Å². The lowest BCUT2D eigenvalue weighted by Gasteiger charge is -2.16. The standard InChI is InChI=1S/C25H40O3S/c1-5-6-7-8-9-10-11-12-13-14-15-23-24(28-25(3,4)27-23)20-29(26)22-18-16-21(2)17-19-22/h14-19,23-24H,5-13,20H2,1-4H3/b15-14+/t23-,24+,29?/m0/s1. The number of ether oxygens (including phenoxy) is 2. The van der Waals surface area contributed by atoms with Crippen LogP contribution in [-0.4, -0.2) is 28.0 Å². The molecule has 3 atom stereocenters. The van der Waals surface area contributed by atoms with Gasteiger partial charge in [0.25, 0.3) is 0 Å². The number of benzene rings is 1. The van der Waals surface area contributed by atoms with E-state index in [0.29, 0.717) is 5.75 Å². The van der Waals surface area contributed by atoms with Crippen LogP contribution in [0.25, 0.3) is 0 Å². The van der Waals surface area contributed by atoms with Crippen molar-refractivity contribution in [3.63, 3.8) is 0 Å². The van der Waals surface area contributed by atoms with Crippen molar-refractivity contribution in [2.24, 2.45) is 0 Å². The number of rotatable bonds is 13. The Morgan fingerprint density at radius 2 is 1.59 bits per heavy atom. The molecule has 1 heterocycles. The zero-order valence-corrected chi connectivity index (χ0v) is 19.6. The molecule has 0 aromatic heterocycles. The van der Waals surface area contributed by atoms with Crippen molar-refractivity contribution >= 4 is 10.8 Å². The molecule has 1 aromatic rings. The maximum absolute atomic E-state index is 12.8. The van der Waals surface area contributed by atoms with Gasteiger partial charge < -0.3 is 9.47 Å². The van der Waals surface area contributed by atoms with E-state index in [9.17, 15) is 4.21 Å². The van der Waals surface area contributed by atoms with Crippen LogP contribution in [-0.2, 0) is 20.3 Å². The van der Waals surface area contributed by atoms with Crippen molar-refractivity contribution in [1.29, 1.82) is 0 Å². The summed E-state index contributed by atoms with van der Waals surface area (Å²) in [4.78, 5) is 0.852. The second-order valence-electron chi connectivity index (χ2n) is 8.66. The number of unbranched alkanes of at least 4 members (excludes halogenated alkanes) is 8. The van der Waals surface area contributed by atoms with E-state index in [1.54, 1.807) is 0 Å². The molecule has 29 heavy (non-hydrogen) atoms. The second-order valence-corrected chi connectivity index (χ2v) is 10.2. The summed E-state index contributed by atoms with van der Waals surface area (Å²) in [7, 11) is -1.09. The molecule has 3 nitrogen and oxygen atoms in total. The van der Waals surface area contributed by atoms with Gasteiger partial charge in [0.1, 0.15) is 12.2 Å². The molecule has 1 aromatic carbocycles. The largest absolute Gasteiger partial charge is 0.343 e. The molecular formula is C25H40O3S. The van der Waals surface area contributed by atoms with Gasteiger partial charge in [-0.15, -0.1) is 0 Å². The summed E-state index contributed by atoms with van der Waals surface area (Å²) in [6.07, 6.45) is 15.8. The summed E-state index contributed by atoms with van der Waals surface area (Å²) < 4.78 is 24.9. The molecule has 1 aliphatic rings. The minimum atomic E-state index is -1.09. The number of hydrogen-bond donors (Lipinski definition) is 0. The van der Waals surface area contributed by atoms with Crippen molar-refractivity contribution < 1.29 is 13.7 Å². The molecule has 0 bridgehead atoms. The highest BCUT2D eigenvalue weighted by atomic mass is 32.2. The lowest BCUT2D eigenvalue weighted by Crippen LogP contribution is -2.27. The fraction of sp³-hybridized carbons (Fsp3) is 0.680. The Bertz CT molecular complexity index is 636. The van der Waals surface area contributed by atoms with E-state index in [0.717, 1.165) is 11.3 Å². The van der Waals surface area contributed by atoms with E-state index in [1.807, 2.05) is 45.0 Å². The fourth-order valence-corrected chi connectivity index (χ4v) is 4.91. The van der Waals surface area contributed by atoms with Crippen LogP contribution < -0.4 is 0 Å². The van der Waals surface area contributed by atoms with E-state index in [1.165, 1.54) is 56.9 Å². The van der Waals surface area contributed by atoms with Crippen molar-refractivity contribution in [2.75, 3.05) is 5.75 Å². The first-order chi connectivity index (χ1) is 13.9. The SMILES string of the molecule is CCCCCCCCCC/C=C/[C@@H]1OC(C)(C)O[C@@H]1CS(=O)c1ccc(C)cc1. The van der Waals surface area contributed by atoms with Gasteiger partial charge in [-0.3, -0.25) is 4.21 Å². The van der Waals surface area contributed by atoms with Crippen LogP contribution in [0.5, 0.6) is 0 Å². The summed E-state index contributed by atoms with van der Waals surface area (Å²) in [5, 5.41) is 0. The lowest BCUT2D eigenvalue weighted by atomic mass is 10.1. The maximum atomic E-state index is 12.8. The summed E-state index contributed by atoms with van der Waals surface area (Å²) in [5.41, 5.74) is 1.18. The average molecular weight is 421 g/mol. The van der Waals surface area contributed by atoms with Crippen LogP contribution >= 0.6 is 0 Å². The van der Waals surface area contributed by atoms with Crippen LogP contribution in [0.4, 0.5) is 0 Å². The highest BCUT2D eigenvalue weighted by molar-refractivity contribution is 7.85. The molecule has 0 aliphatic carbocycles. The van der Waals surface area contributed by atoms with Gasteiger partial charge in [0, 0.05) is 4.90 Å². The van der Waals surface area contributed by atoms with Crippen LogP contribution in [0.2, 0.25) is 0 Å². The third-order valence-corrected chi connectivity index (χ3v) is 6.80. The molecule has 0 radical (unpaired) electrons. The molecule has 0 spiro atoms. The average Bonchev–Trinajstić information content (AvgIpc) is 2.97. The third kappa shape index (κ3) is 9.15. The van der Waals surface area contributed by atoms with Gasteiger partial charge in [-0.1, -0.05) is 81.7 Å². The molecule has 0 amide bonds. The van der Waals surface area contributed by atoms with Gasteiger partial charge in [0.05, 0.1) is 16.6 Å². The topological polar surface area (TPSA) is 35.5 Å². The first-order valence-electron chi connectivity index (χ1n) is 11.4. The third-order valence-electron chi connectivity index (χ3n) is 5.37. The zero-order chi connectivity index (χ0) is 21.1. The van der Waals surface area contributed by atoms with Gasteiger partial charge in [-0.2, -0.15) is 0 Å². The Labute approximate surface area is 180 Å². The van der Waals surface area contributed by atoms with E-state index in [2.05, 4.69) is 19.1 Å². The second kappa shape index (κ2) is 12.7. The predicted molar refractivity (Wildman–Crippen MR) is 123 cm³/mol. The Morgan fingerprint density at radius 1 is 0.966 bits per heavy atom. The molecule has 1 saturated heterocycles. The summed E-state index contributed by atoms with van der Waals surface area (Å²) in [6, 6.07) is 7.90. The zero-order valence-electron chi connectivity index (χ0n) is 18.8. The molecule has 4 heteroatoms. The quantitative estimate of drug-likeness (QED) is 0.263. The molecule has 0 saturated carbocycles. The van der Waals surface area contributed by atoms with Gasteiger partial charge in [0.2, 0.25) is 0 Å². The smallest absolute Gasteiger partial charge is 0.164 e. The predicted octanol–water partition coefficient (Wildman–Crippen LogP) is 6.71. The first-order valence-corrected chi connectivity index (χ1v) is 12.7. The Hall–Kier alpha value is -0.970. The Balaban J connectivity index is 1.75. The fourth-order valence-electron chi connectivity index (χ4n) is 3.72. The number of aryl methyl sites for hydroxylation is 1. The monoisotopic (exact) mass is 420 g/mol. The van der Waals surface area contributed by atoms with Crippen LogP contribution in [0, 0.1) is 6.92 Å². The lowest BCUT2D eigenvalue weighted by molar-refractivity contribution is -0.140. The molecule has 0 N–H and O–H groups in total. The summed E-state index contributed by atoms with van der Waals surface area (Å²) in [6.45, 7) is 8.16. The Kier molecular flexibility index (Phi) is 10.6. The van der Waals surface area contributed by atoms with Gasteiger partial charge in [-0.25, -0.2) is 0 Å². The van der Waals surface area contributed by atoms with Crippen molar-refractivity contribution in [3.05, 3.63) is 42.0 Å². The number of allylic oxidation sites excluding steroid dienone is 1. The van der Waals surface area contributed by atoms with Crippen LogP contribution in [0.15, 0.2) is 41.3 Å². The minimum absolute atomic E-state index is 0.131. The van der Waals surface area contributed by atoms with E-state index in [4.69, 9.17) is 9.47 Å². The maximum Gasteiger partial charge on any atom is 0.164 e. The highest BCUT2D eigenvalue weighted by Crippen LogP contribution is 2.30. The van der Waals surface area contributed by atoms with E-state index < -0.39 is 16.6 Å². The summed E-state index contributed by atoms with van der Waals surface area (Å²) >= 11 is 0. The molecule has 1 unspecified atom stereocenters. The van der Waals surface area contributed by atoms with Crippen LogP contribution in [0.3, 0.4) is 0 Å². The molecule has 1 aliphatic heterocycles. The van der Waals surface area contributed by atoms with Gasteiger partial charge in [0.15, 0.2) is 5.79 Å². The summed E-state index contributed by atoms with van der Waals surface area (Å²) in [5.74, 6) is -0.172. The van der Waals surface area contributed by atoms with E-state index in [-0.39, 0.29) is 12.2 Å². The molecule has 1 fully saturated rings. The number of hydrogen-bond acceptors (Lipinski definition) is 3. The Morgan fingerprint density at radius 3 is 2.24 bits per heavy atom. The first kappa shape index (κ1) is 24.3. The molecule has 2 rings (SSSR count). The van der Waals surface area contributed by atoms with Crippen molar-refractivity contribution in [1.82, 2.24) is 0 Å². The van der Waals surface area contributed by atoms with Crippen LogP contribution in [0.1, 0.15) is 84.1 Å². The molecule has 164 valence electrons. The van der Waals surface area contributed by atoms with Crippen molar-refractivity contribution in [3.8, 4) is 0 Å². The van der Waals surface area contributed by atoms with E-state index >= 15 is 0 Å². The minimum Gasteiger partial charge on any atom is -0.343 e. The normalized spacial score (nSPS) is 22.3.